The van der Waals surface area contributed by atoms with E-state index in [1.54, 1.807) is 4.90 Å². The number of rotatable bonds is 2. The Morgan fingerprint density at radius 2 is 2.00 bits per heavy atom. The van der Waals surface area contributed by atoms with Crippen LogP contribution in [0.15, 0.2) is 30.3 Å². The second kappa shape index (κ2) is 6.30. The fraction of sp³-hybridized carbons (Fsp3) is 0.400. The molecule has 0 saturated carbocycles. The standard InChI is InChI=1S/C15H16F3NO2/c1-11-10-19(8-9-21-11)14(20)7-4-12-2-5-13(6-3-12)15(16,17)18/h2-7,11H,8-10H2,1H3/b7-4+. The summed E-state index contributed by atoms with van der Waals surface area (Å²) < 4.78 is 42.6. The number of morpholine rings is 1. The molecular weight excluding hydrogens is 283 g/mol. The normalized spacial score (nSPS) is 20.0. The van der Waals surface area contributed by atoms with Crippen molar-refractivity contribution >= 4 is 12.0 Å². The van der Waals surface area contributed by atoms with Crippen LogP contribution in [0, 0.1) is 0 Å². The van der Waals surface area contributed by atoms with Crippen LogP contribution in [-0.2, 0) is 15.7 Å². The summed E-state index contributed by atoms with van der Waals surface area (Å²) >= 11 is 0. The number of nitrogens with zero attached hydrogens (tertiary/aromatic N) is 1. The van der Waals surface area contributed by atoms with Crippen molar-refractivity contribution in [1.82, 2.24) is 4.90 Å². The number of hydrogen-bond donors (Lipinski definition) is 0. The minimum atomic E-state index is -4.35. The highest BCUT2D eigenvalue weighted by Gasteiger charge is 2.29. The molecule has 1 aliphatic heterocycles. The van der Waals surface area contributed by atoms with Crippen LogP contribution in [0.4, 0.5) is 13.2 Å². The van der Waals surface area contributed by atoms with Gasteiger partial charge in [0.1, 0.15) is 0 Å². The monoisotopic (exact) mass is 299 g/mol. The van der Waals surface area contributed by atoms with Crippen LogP contribution < -0.4 is 0 Å². The van der Waals surface area contributed by atoms with Crippen LogP contribution in [0.2, 0.25) is 0 Å². The molecule has 6 heteroatoms. The van der Waals surface area contributed by atoms with Gasteiger partial charge in [0.15, 0.2) is 0 Å². The summed E-state index contributed by atoms with van der Waals surface area (Å²) in [4.78, 5) is 13.6. The first kappa shape index (κ1) is 15.6. The van der Waals surface area contributed by atoms with Crippen LogP contribution in [0.3, 0.4) is 0 Å². The highest BCUT2D eigenvalue weighted by atomic mass is 19.4. The Morgan fingerprint density at radius 1 is 1.33 bits per heavy atom. The first-order valence-electron chi connectivity index (χ1n) is 6.62. The van der Waals surface area contributed by atoms with E-state index in [-0.39, 0.29) is 12.0 Å². The van der Waals surface area contributed by atoms with E-state index in [4.69, 9.17) is 4.74 Å². The highest BCUT2D eigenvalue weighted by Crippen LogP contribution is 2.29. The number of hydrogen-bond acceptors (Lipinski definition) is 2. The second-order valence-electron chi connectivity index (χ2n) is 4.92. The van der Waals surface area contributed by atoms with Crippen molar-refractivity contribution in [3.63, 3.8) is 0 Å². The maximum atomic E-state index is 12.4. The molecule has 0 bridgehead atoms. The molecule has 1 aliphatic rings. The van der Waals surface area contributed by atoms with Crippen molar-refractivity contribution in [3.8, 4) is 0 Å². The van der Waals surface area contributed by atoms with Crippen molar-refractivity contribution < 1.29 is 22.7 Å². The predicted molar refractivity (Wildman–Crippen MR) is 72.5 cm³/mol. The number of halogens is 3. The number of benzene rings is 1. The van der Waals surface area contributed by atoms with Gasteiger partial charge in [-0.25, -0.2) is 0 Å². The van der Waals surface area contributed by atoms with Gasteiger partial charge in [0.2, 0.25) is 5.91 Å². The van der Waals surface area contributed by atoms with Crippen LogP contribution >= 0.6 is 0 Å². The summed E-state index contributed by atoms with van der Waals surface area (Å²) in [6.07, 6.45) is -1.45. The fourth-order valence-corrected chi connectivity index (χ4v) is 2.07. The number of carbonyl (C=O) groups excluding carboxylic acids is 1. The lowest BCUT2D eigenvalue weighted by atomic mass is 10.1. The molecule has 1 aromatic rings. The number of amides is 1. The zero-order valence-corrected chi connectivity index (χ0v) is 11.6. The Hall–Kier alpha value is -1.82. The van der Waals surface area contributed by atoms with Gasteiger partial charge < -0.3 is 9.64 Å². The first-order valence-corrected chi connectivity index (χ1v) is 6.62. The van der Waals surface area contributed by atoms with Crippen molar-refractivity contribution in [2.75, 3.05) is 19.7 Å². The molecule has 21 heavy (non-hydrogen) atoms. The van der Waals surface area contributed by atoms with Gasteiger partial charge in [-0.15, -0.1) is 0 Å². The minimum Gasteiger partial charge on any atom is -0.375 e. The molecule has 2 rings (SSSR count). The van der Waals surface area contributed by atoms with Crippen molar-refractivity contribution in [2.45, 2.75) is 19.2 Å². The smallest absolute Gasteiger partial charge is 0.375 e. The van der Waals surface area contributed by atoms with Gasteiger partial charge in [-0.05, 0) is 30.7 Å². The SMILES string of the molecule is CC1CN(C(=O)/C=C/c2ccc(C(F)(F)F)cc2)CCO1. The molecule has 1 heterocycles. The van der Waals surface area contributed by atoms with Crippen molar-refractivity contribution in [3.05, 3.63) is 41.5 Å². The molecule has 114 valence electrons. The summed E-state index contributed by atoms with van der Waals surface area (Å²) in [5, 5.41) is 0. The zero-order valence-electron chi connectivity index (χ0n) is 11.6. The Balaban J connectivity index is 1.99. The molecule has 3 nitrogen and oxygen atoms in total. The summed E-state index contributed by atoms with van der Waals surface area (Å²) in [6.45, 7) is 3.44. The Kier molecular flexibility index (Phi) is 4.67. The first-order chi connectivity index (χ1) is 9.86. The third-order valence-corrected chi connectivity index (χ3v) is 3.21. The average Bonchev–Trinajstić information content (AvgIpc) is 2.44. The molecule has 1 amide bonds. The van der Waals surface area contributed by atoms with Crippen LogP contribution in [0.25, 0.3) is 6.08 Å². The molecule has 1 fully saturated rings. The topological polar surface area (TPSA) is 29.5 Å². The lowest BCUT2D eigenvalue weighted by Crippen LogP contribution is -2.43. The molecule has 1 unspecified atom stereocenters. The van der Waals surface area contributed by atoms with Gasteiger partial charge in [0.25, 0.3) is 0 Å². The maximum absolute atomic E-state index is 12.4. The Bertz CT molecular complexity index is 523. The average molecular weight is 299 g/mol. The van der Waals surface area contributed by atoms with Crippen molar-refractivity contribution in [1.29, 1.82) is 0 Å². The van der Waals surface area contributed by atoms with Gasteiger partial charge in [-0.1, -0.05) is 12.1 Å². The van der Waals surface area contributed by atoms with Crippen LogP contribution in [0.1, 0.15) is 18.1 Å². The molecule has 1 aromatic carbocycles. The molecule has 0 aliphatic carbocycles. The van der Waals surface area contributed by atoms with Gasteiger partial charge in [-0.3, -0.25) is 4.79 Å². The fourth-order valence-electron chi connectivity index (χ4n) is 2.07. The largest absolute Gasteiger partial charge is 0.416 e. The van der Waals surface area contributed by atoms with Crippen LogP contribution in [0.5, 0.6) is 0 Å². The molecule has 0 spiro atoms. The summed E-state index contributed by atoms with van der Waals surface area (Å²) in [5.41, 5.74) is -0.148. The Morgan fingerprint density at radius 3 is 2.57 bits per heavy atom. The van der Waals surface area contributed by atoms with Crippen molar-refractivity contribution in [2.24, 2.45) is 0 Å². The number of alkyl halides is 3. The molecular formula is C15H16F3NO2. The summed E-state index contributed by atoms with van der Waals surface area (Å²) in [6, 6.07) is 4.69. The third-order valence-electron chi connectivity index (χ3n) is 3.21. The van der Waals surface area contributed by atoms with E-state index in [1.807, 2.05) is 6.92 Å². The Labute approximate surface area is 121 Å². The second-order valence-corrected chi connectivity index (χ2v) is 4.92. The summed E-state index contributed by atoms with van der Waals surface area (Å²) in [5.74, 6) is -0.162. The third kappa shape index (κ3) is 4.32. The maximum Gasteiger partial charge on any atom is 0.416 e. The molecule has 1 saturated heterocycles. The predicted octanol–water partition coefficient (Wildman–Crippen LogP) is 2.97. The molecule has 1 atom stereocenters. The number of carbonyl (C=O) groups is 1. The van der Waals surface area contributed by atoms with E-state index in [2.05, 4.69) is 0 Å². The van der Waals surface area contributed by atoms with E-state index in [9.17, 15) is 18.0 Å². The lowest BCUT2D eigenvalue weighted by molar-refractivity contribution is -0.137. The van der Waals surface area contributed by atoms with E-state index >= 15 is 0 Å². The van der Waals surface area contributed by atoms with Gasteiger partial charge in [-0.2, -0.15) is 13.2 Å². The van der Waals surface area contributed by atoms with E-state index in [1.165, 1.54) is 24.3 Å². The minimum absolute atomic E-state index is 0.00201. The molecule has 0 aromatic heterocycles. The van der Waals surface area contributed by atoms with E-state index < -0.39 is 11.7 Å². The van der Waals surface area contributed by atoms with Gasteiger partial charge >= 0.3 is 6.18 Å². The lowest BCUT2D eigenvalue weighted by Gasteiger charge is -2.30. The molecule has 0 N–H and O–H groups in total. The van der Waals surface area contributed by atoms with E-state index in [0.29, 0.717) is 25.3 Å². The van der Waals surface area contributed by atoms with E-state index in [0.717, 1.165) is 12.1 Å². The molecule has 0 radical (unpaired) electrons. The van der Waals surface area contributed by atoms with Crippen LogP contribution in [-0.4, -0.2) is 36.6 Å². The summed E-state index contributed by atoms with van der Waals surface area (Å²) in [7, 11) is 0. The highest BCUT2D eigenvalue weighted by molar-refractivity contribution is 5.91. The quantitative estimate of drug-likeness (QED) is 0.786. The zero-order chi connectivity index (χ0) is 15.5. The van der Waals surface area contributed by atoms with Gasteiger partial charge in [0.05, 0.1) is 18.3 Å². The number of ether oxygens (including phenoxy) is 1. The van der Waals surface area contributed by atoms with Gasteiger partial charge in [0, 0.05) is 19.2 Å².